The molecule has 4 rings (SSSR count). The van der Waals surface area contributed by atoms with Crippen molar-refractivity contribution in [3.05, 3.63) is 144 Å². The van der Waals surface area contributed by atoms with Crippen molar-refractivity contribution in [1.82, 2.24) is 0 Å². The molecule has 0 saturated carbocycles. The summed E-state index contributed by atoms with van der Waals surface area (Å²) in [5.41, 5.74) is 1.71. The lowest BCUT2D eigenvalue weighted by molar-refractivity contribution is -0.129. The van der Waals surface area contributed by atoms with E-state index in [4.69, 9.17) is 4.84 Å². The van der Waals surface area contributed by atoms with Gasteiger partial charge in [0.1, 0.15) is 0 Å². The topological polar surface area (TPSA) is 58.9 Å². The molecule has 0 spiro atoms. The molecule has 0 bridgehead atoms. The van der Waals surface area contributed by atoms with E-state index in [1.54, 1.807) is 24.3 Å². The molecule has 0 saturated heterocycles. The molecular formula is C27H21NO3. The van der Waals surface area contributed by atoms with E-state index in [2.05, 4.69) is 5.16 Å². The van der Waals surface area contributed by atoms with Gasteiger partial charge in [-0.05, 0) is 0 Å². The SMILES string of the molecule is O=C(O)/C(=N/OC(c1ccccc1)(c1ccccc1)c1ccccc1)c1ccccc1. The second-order valence-corrected chi connectivity index (χ2v) is 6.98. The van der Waals surface area contributed by atoms with E-state index in [1.807, 2.05) is 97.1 Å². The van der Waals surface area contributed by atoms with Crippen LogP contribution < -0.4 is 0 Å². The Morgan fingerprint density at radius 1 is 0.613 bits per heavy atom. The molecule has 0 aromatic heterocycles. The van der Waals surface area contributed by atoms with Gasteiger partial charge in [-0.25, -0.2) is 4.79 Å². The number of carbonyl (C=O) groups is 1. The summed E-state index contributed by atoms with van der Waals surface area (Å²) < 4.78 is 0. The molecule has 4 nitrogen and oxygen atoms in total. The second-order valence-electron chi connectivity index (χ2n) is 6.98. The van der Waals surface area contributed by atoms with Gasteiger partial charge in [0.25, 0.3) is 0 Å². The van der Waals surface area contributed by atoms with Crippen molar-refractivity contribution in [2.45, 2.75) is 5.60 Å². The summed E-state index contributed by atoms with van der Waals surface area (Å²) >= 11 is 0. The molecule has 4 aromatic carbocycles. The minimum absolute atomic E-state index is 0.159. The number of hydrogen-bond donors (Lipinski definition) is 1. The molecule has 4 aromatic rings. The molecule has 0 aliphatic rings. The van der Waals surface area contributed by atoms with Crippen LogP contribution in [0.2, 0.25) is 0 Å². The maximum Gasteiger partial charge on any atom is 0.358 e. The quantitative estimate of drug-likeness (QED) is 0.251. The van der Waals surface area contributed by atoms with Crippen LogP contribution in [0, 0.1) is 0 Å². The summed E-state index contributed by atoms with van der Waals surface area (Å²) in [5, 5.41) is 14.0. The molecule has 0 atom stereocenters. The molecule has 4 heteroatoms. The molecule has 152 valence electrons. The molecule has 0 fully saturated rings. The van der Waals surface area contributed by atoms with Crippen LogP contribution in [-0.2, 0) is 15.2 Å². The Balaban J connectivity index is 1.95. The van der Waals surface area contributed by atoms with E-state index in [0.717, 1.165) is 16.7 Å². The molecule has 31 heavy (non-hydrogen) atoms. The summed E-state index contributed by atoms with van der Waals surface area (Å²) in [6, 6.07) is 37.9. The zero-order valence-corrected chi connectivity index (χ0v) is 16.8. The van der Waals surface area contributed by atoms with Crippen molar-refractivity contribution in [1.29, 1.82) is 0 Å². The summed E-state index contributed by atoms with van der Waals surface area (Å²) in [6.07, 6.45) is 0. The monoisotopic (exact) mass is 407 g/mol. The first-order valence-corrected chi connectivity index (χ1v) is 9.93. The lowest BCUT2D eigenvalue weighted by Crippen LogP contribution is -2.32. The first-order chi connectivity index (χ1) is 15.2. The van der Waals surface area contributed by atoms with E-state index in [1.165, 1.54) is 0 Å². The van der Waals surface area contributed by atoms with Gasteiger partial charge in [0, 0.05) is 22.3 Å². The predicted molar refractivity (Wildman–Crippen MR) is 121 cm³/mol. The standard InChI is InChI=1S/C27H21NO3/c29-26(30)25(21-13-5-1-6-14-21)28-31-27(22-15-7-2-8-16-22,23-17-9-3-10-18-23)24-19-11-4-12-20-24/h1-20H,(H,29,30)/b28-25+. The van der Waals surface area contributed by atoms with Crippen LogP contribution in [0.1, 0.15) is 22.3 Å². The lowest BCUT2D eigenvalue weighted by Gasteiger charge is -2.33. The first kappa shape index (κ1) is 20.1. The van der Waals surface area contributed by atoms with E-state index in [-0.39, 0.29) is 5.71 Å². The number of hydrogen-bond acceptors (Lipinski definition) is 3. The number of carboxylic acids is 1. The average molecular weight is 407 g/mol. The fourth-order valence-corrected chi connectivity index (χ4v) is 3.60. The Labute approximate surface area is 181 Å². The summed E-state index contributed by atoms with van der Waals surface area (Å²) in [6.45, 7) is 0. The Morgan fingerprint density at radius 2 is 0.968 bits per heavy atom. The Bertz CT molecular complexity index is 1060. The third-order valence-corrected chi connectivity index (χ3v) is 5.06. The zero-order valence-electron chi connectivity index (χ0n) is 16.8. The average Bonchev–Trinajstić information content (AvgIpc) is 2.84. The largest absolute Gasteiger partial charge is 0.476 e. The third-order valence-electron chi connectivity index (χ3n) is 5.06. The van der Waals surface area contributed by atoms with Crippen molar-refractivity contribution in [3.8, 4) is 0 Å². The third kappa shape index (κ3) is 4.09. The van der Waals surface area contributed by atoms with Gasteiger partial charge in [0.05, 0.1) is 0 Å². The lowest BCUT2D eigenvalue weighted by atomic mass is 9.80. The van der Waals surface area contributed by atoms with Crippen molar-refractivity contribution in [2.75, 3.05) is 0 Å². The van der Waals surface area contributed by atoms with Gasteiger partial charge in [0.2, 0.25) is 5.60 Å². The molecule has 0 amide bonds. The van der Waals surface area contributed by atoms with E-state index in [0.29, 0.717) is 5.56 Å². The molecule has 1 N–H and O–H groups in total. The van der Waals surface area contributed by atoms with Gasteiger partial charge in [-0.15, -0.1) is 0 Å². The number of aliphatic carboxylic acids is 1. The maximum absolute atomic E-state index is 12.0. The van der Waals surface area contributed by atoms with Gasteiger partial charge >= 0.3 is 5.97 Å². The summed E-state index contributed by atoms with van der Waals surface area (Å²) in [7, 11) is 0. The van der Waals surface area contributed by atoms with Crippen LogP contribution in [-0.4, -0.2) is 16.8 Å². The summed E-state index contributed by atoms with van der Waals surface area (Å²) in [5.74, 6) is -1.16. The van der Waals surface area contributed by atoms with Crippen molar-refractivity contribution in [2.24, 2.45) is 5.16 Å². The highest BCUT2D eigenvalue weighted by molar-refractivity contribution is 6.42. The van der Waals surface area contributed by atoms with Gasteiger partial charge in [-0.2, -0.15) is 0 Å². The van der Waals surface area contributed by atoms with Crippen LogP contribution in [0.25, 0.3) is 0 Å². The van der Waals surface area contributed by atoms with Gasteiger partial charge in [-0.1, -0.05) is 126 Å². The number of rotatable bonds is 7. The highest BCUT2D eigenvalue weighted by atomic mass is 16.7. The highest BCUT2D eigenvalue weighted by Gasteiger charge is 2.40. The number of nitrogens with zero attached hydrogens (tertiary/aromatic N) is 1. The van der Waals surface area contributed by atoms with Crippen LogP contribution >= 0.6 is 0 Å². The van der Waals surface area contributed by atoms with Crippen molar-refractivity contribution < 1.29 is 14.7 Å². The van der Waals surface area contributed by atoms with Gasteiger partial charge < -0.3 is 9.94 Å². The predicted octanol–water partition coefficient (Wildman–Crippen LogP) is 5.48. The molecule has 0 aliphatic heterocycles. The normalized spacial score (nSPS) is 11.7. The Kier molecular flexibility index (Phi) is 5.90. The van der Waals surface area contributed by atoms with Crippen molar-refractivity contribution in [3.63, 3.8) is 0 Å². The van der Waals surface area contributed by atoms with E-state index >= 15 is 0 Å². The number of oxime groups is 1. The minimum Gasteiger partial charge on any atom is -0.476 e. The van der Waals surface area contributed by atoms with E-state index < -0.39 is 11.6 Å². The zero-order chi connectivity index (χ0) is 21.5. The summed E-state index contributed by atoms with van der Waals surface area (Å²) in [4.78, 5) is 18.3. The second kappa shape index (κ2) is 9.09. The number of benzene rings is 4. The van der Waals surface area contributed by atoms with Gasteiger partial charge in [0.15, 0.2) is 5.71 Å². The minimum atomic E-state index is -1.16. The van der Waals surface area contributed by atoms with Crippen LogP contribution in [0.15, 0.2) is 126 Å². The molecular weight excluding hydrogens is 386 g/mol. The molecule has 0 radical (unpaired) electrons. The smallest absolute Gasteiger partial charge is 0.358 e. The van der Waals surface area contributed by atoms with Crippen LogP contribution in [0.5, 0.6) is 0 Å². The number of carboxylic acid groups (broad SMARTS) is 1. The fraction of sp³-hybridized carbons (Fsp3) is 0.0370. The van der Waals surface area contributed by atoms with Gasteiger partial charge in [-0.3, -0.25) is 0 Å². The fourth-order valence-electron chi connectivity index (χ4n) is 3.60. The van der Waals surface area contributed by atoms with Crippen LogP contribution in [0.4, 0.5) is 0 Å². The van der Waals surface area contributed by atoms with Crippen molar-refractivity contribution >= 4 is 11.7 Å². The highest BCUT2D eigenvalue weighted by Crippen LogP contribution is 2.40. The Hall–Kier alpha value is -4.18. The van der Waals surface area contributed by atoms with E-state index in [9.17, 15) is 9.90 Å². The first-order valence-electron chi connectivity index (χ1n) is 9.93. The molecule has 0 unspecified atom stereocenters. The molecule has 0 aliphatic carbocycles. The maximum atomic E-state index is 12.0. The van der Waals surface area contributed by atoms with Crippen LogP contribution in [0.3, 0.4) is 0 Å². The molecule has 0 heterocycles. The Morgan fingerprint density at radius 3 is 1.32 bits per heavy atom.